The minimum Gasteiger partial charge on any atom is -0.455 e. The van der Waals surface area contributed by atoms with Crippen LogP contribution >= 0.6 is 0 Å². The highest BCUT2D eigenvalue weighted by atomic mass is 19.1. The fourth-order valence-corrected chi connectivity index (χ4v) is 3.56. The highest BCUT2D eigenvalue weighted by Crippen LogP contribution is 2.37. The van der Waals surface area contributed by atoms with Gasteiger partial charge in [0.05, 0.1) is 0 Å². The molecule has 1 nitrogen and oxygen atoms in total. The number of benzene rings is 3. The van der Waals surface area contributed by atoms with Gasteiger partial charge in [-0.3, -0.25) is 0 Å². The third kappa shape index (κ3) is 3.03. The molecule has 0 aliphatic rings. The summed E-state index contributed by atoms with van der Waals surface area (Å²) in [6.45, 7) is 10.2. The fraction of sp³-hybridized carbons (Fsp3) is 0.120. The smallest absolute Gasteiger partial charge is 0.143 e. The molecule has 0 amide bonds. The van der Waals surface area contributed by atoms with Gasteiger partial charge >= 0.3 is 0 Å². The molecule has 0 aliphatic carbocycles. The first kappa shape index (κ1) is 18.2. The zero-order valence-electron chi connectivity index (χ0n) is 16.1. The first-order valence-electron chi connectivity index (χ1n) is 9.10. The van der Waals surface area contributed by atoms with Gasteiger partial charge in [-0.1, -0.05) is 24.8 Å². The highest BCUT2D eigenvalue weighted by molar-refractivity contribution is 6.09. The monoisotopic (exact) mass is 374 g/mol. The molecule has 0 spiro atoms. The summed E-state index contributed by atoms with van der Waals surface area (Å²) in [5.41, 5.74) is 6.79. The van der Waals surface area contributed by atoms with Gasteiger partial charge in [0.2, 0.25) is 0 Å². The van der Waals surface area contributed by atoms with Crippen LogP contribution < -0.4 is 0 Å². The number of halogens is 2. The third-order valence-electron chi connectivity index (χ3n) is 5.27. The number of furan rings is 1. The maximum Gasteiger partial charge on any atom is 0.143 e. The topological polar surface area (TPSA) is 13.1 Å². The summed E-state index contributed by atoms with van der Waals surface area (Å²) in [5, 5.41) is 1.81. The maximum atomic E-state index is 13.6. The van der Waals surface area contributed by atoms with E-state index in [0.29, 0.717) is 11.2 Å². The van der Waals surface area contributed by atoms with Crippen LogP contribution in [0.15, 0.2) is 59.5 Å². The molecule has 140 valence electrons. The van der Waals surface area contributed by atoms with E-state index in [1.807, 2.05) is 32.9 Å². The van der Waals surface area contributed by atoms with Gasteiger partial charge in [-0.25, -0.2) is 8.78 Å². The molecule has 0 fully saturated rings. The van der Waals surface area contributed by atoms with Gasteiger partial charge in [-0.2, -0.15) is 0 Å². The number of hydrogen-bond acceptors (Lipinski definition) is 1. The quantitative estimate of drug-likeness (QED) is 0.338. The second kappa shape index (κ2) is 6.75. The van der Waals surface area contributed by atoms with E-state index < -0.39 is 0 Å². The van der Waals surface area contributed by atoms with Gasteiger partial charge in [-0.05, 0) is 78.9 Å². The molecule has 3 heteroatoms. The van der Waals surface area contributed by atoms with Gasteiger partial charge in [0.15, 0.2) is 0 Å². The van der Waals surface area contributed by atoms with Crippen molar-refractivity contribution in [2.45, 2.75) is 20.8 Å². The average molecular weight is 374 g/mol. The summed E-state index contributed by atoms with van der Waals surface area (Å²) in [4.78, 5) is 0. The molecule has 1 aromatic heterocycles. The van der Waals surface area contributed by atoms with E-state index in [4.69, 9.17) is 4.42 Å². The van der Waals surface area contributed by atoms with E-state index in [0.717, 1.165) is 44.2 Å². The van der Waals surface area contributed by atoms with Crippen molar-refractivity contribution in [3.8, 4) is 0 Å². The van der Waals surface area contributed by atoms with Gasteiger partial charge in [0, 0.05) is 22.4 Å². The third-order valence-corrected chi connectivity index (χ3v) is 5.27. The summed E-state index contributed by atoms with van der Waals surface area (Å²) in [6.07, 6.45) is 3.73. The maximum absolute atomic E-state index is 13.6. The molecule has 4 rings (SSSR count). The van der Waals surface area contributed by atoms with Crippen molar-refractivity contribution in [1.82, 2.24) is 0 Å². The van der Waals surface area contributed by atoms with Crippen molar-refractivity contribution in [2.75, 3.05) is 0 Å². The van der Waals surface area contributed by atoms with Gasteiger partial charge in [0.25, 0.3) is 0 Å². The minimum atomic E-state index is -0.332. The zero-order chi connectivity index (χ0) is 20.0. The summed E-state index contributed by atoms with van der Waals surface area (Å²) in [6, 6.07) is 11.3. The predicted octanol–water partition coefficient (Wildman–Crippen LogP) is 7.52. The molecule has 0 saturated carbocycles. The molecule has 0 bridgehead atoms. The second-order valence-electron chi connectivity index (χ2n) is 7.17. The van der Waals surface area contributed by atoms with Crippen LogP contribution in [0.2, 0.25) is 0 Å². The molecule has 0 radical (unpaired) electrons. The Hall–Kier alpha value is -3.20. The van der Waals surface area contributed by atoms with Crippen molar-refractivity contribution < 1.29 is 13.2 Å². The molecular weight excluding hydrogens is 354 g/mol. The Morgan fingerprint density at radius 3 is 2.39 bits per heavy atom. The van der Waals surface area contributed by atoms with Crippen molar-refractivity contribution in [3.63, 3.8) is 0 Å². The molecule has 0 atom stereocenters. The Balaban J connectivity index is 1.88. The van der Waals surface area contributed by atoms with E-state index in [-0.39, 0.29) is 11.6 Å². The molecule has 28 heavy (non-hydrogen) atoms. The number of hydrogen-bond donors (Lipinski definition) is 0. The van der Waals surface area contributed by atoms with Gasteiger partial charge < -0.3 is 4.42 Å². The van der Waals surface area contributed by atoms with Crippen LogP contribution in [0.1, 0.15) is 27.8 Å². The Morgan fingerprint density at radius 2 is 1.61 bits per heavy atom. The lowest BCUT2D eigenvalue weighted by Crippen LogP contribution is -1.91. The van der Waals surface area contributed by atoms with Crippen LogP contribution in [-0.2, 0) is 0 Å². The lowest BCUT2D eigenvalue weighted by molar-refractivity contribution is 0.618. The number of rotatable bonds is 3. The Bertz CT molecular complexity index is 1280. The zero-order valence-corrected chi connectivity index (χ0v) is 16.1. The average Bonchev–Trinajstić information content (AvgIpc) is 2.99. The van der Waals surface area contributed by atoms with Crippen molar-refractivity contribution >= 4 is 33.6 Å². The molecule has 1 heterocycles. The van der Waals surface area contributed by atoms with Crippen LogP contribution in [0.5, 0.6) is 0 Å². The largest absolute Gasteiger partial charge is 0.455 e. The number of fused-ring (bicyclic) bond motifs is 3. The minimum absolute atomic E-state index is 0.274. The van der Waals surface area contributed by atoms with Crippen LogP contribution in [0, 0.1) is 32.4 Å². The molecule has 4 aromatic rings. The number of allylic oxidation sites excluding steroid dienone is 2. The molecule has 0 aliphatic heterocycles. The van der Waals surface area contributed by atoms with E-state index in [1.54, 1.807) is 12.1 Å². The summed E-state index contributed by atoms with van der Waals surface area (Å²) in [5.74, 6) is -0.605. The van der Waals surface area contributed by atoms with Crippen molar-refractivity contribution in [3.05, 3.63) is 94.6 Å². The summed E-state index contributed by atoms with van der Waals surface area (Å²) in [7, 11) is 0. The predicted molar refractivity (Wildman–Crippen MR) is 112 cm³/mol. The Kier molecular flexibility index (Phi) is 4.38. The first-order chi connectivity index (χ1) is 13.3. The van der Waals surface area contributed by atoms with Crippen molar-refractivity contribution in [1.29, 1.82) is 0 Å². The molecule has 0 unspecified atom stereocenters. The molecule has 0 saturated heterocycles. The second-order valence-corrected chi connectivity index (χ2v) is 7.17. The molecular formula is C25H20F2O. The normalized spacial score (nSPS) is 11.8. The summed E-state index contributed by atoms with van der Waals surface area (Å²) >= 11 is 0. The first-order valence-corrected chi connectivity index (χ1v) is 9.10. The van der Waals surface area contributed by atoms with Crippen LogP contribution in [0.3, 0.4) is 0 Å². The lowest BCUT2D eigenvalue weighted by atomic mass is 9.94. The van der Waals surface area contributed by atoms with Gasteiger partial charge in [0.1, 0.15) is 22.8 Å². The van der Waals surface area contributed by atoms with E-state index in [2.05, 4.69) is 12.6 Å². The van der Waals surface area contributed by atoms with Crippen LogP contribution in [0.25, 0.3) is 33.6 Å². The van der Waals surface area contributed by atoms with Crippen LogP contribution in [0.4, 0.5) is 8.78 Å². The molecule has 3 aromatic carbocycles. The lowest BCUT2D eigenvalue weighted by Gasteiger charge is -2.10. The van der Waals surface area contributed by atoms with Gasteiger partial charge in [-0.15, -0.1) is 0 Å². The SMILES string of the molecule is C=C(/C=C\c1cc(F)ccc1C)c1c(C)c(C)cc2c1oc1cc(F)ccc12. The number of aryl methyl sites for hydroxylation is 2. The Labute approximate surface area is 162 Å². The highest BCUT2D eigenvalue weighted by Gasteiger charge is 2.16. The summed E-state index contributed by atoms with van der Waals surface area (Å²) < 4.78 is 33.2. The van der Waals surface area contributed by atoms with E-state index in [9.17, 15) is 8.78 Å². The van der Waals surface area contributed by atoms with Crippen LogP contribution in [-0.4, -0.2) is 0 Å². The standard InChI is InChI=1S/C25H20F2O/c1-14-6-8-19(26)12-18(14)7-5-15(2)24-17(4)16(3)11-22-21-10-9-20(27)13-23(21)28-25(22)24/h5-13H,2H2,1,3-4H3/b7-5-. The molecule has 0 N–H and O–H groups in total. The van der Waals surface area contributed by atoms with Crippen molar-refractivity contribution in [2.24, 2.45) is 0 Å². The Morgan fingerprint density at radius 1 is 0.893 bits per heavy atom. The van der Waals surface area contributed by atoms with E-state index in [1.165, 1.54) is 24.3 Å². The van der Waals surface area contributed by atoms with E-state index >= 15 is 0 Å². The fourth-order valence-electron chi connectivity index (χ4n) is 3.56.